The maximum absolute atomic E-state index is 5.44. The first kappa shape index (κ1) is 15.6. The van der Waals surface area contributed by atoms with Crippen molar-refractivity contribution in [2.45, 2.75) is 38.8 Å². The van der Waals surface area contributed by atoms with Crippen molar-refractivity contribution in [1.29, 1.82) is 0 Å². The van der Waals surface area contributed by atoms with Gasteiger partial charge in [0.1, 0.15) is 0 Å². The maximum atomic E-state index is 5.44. The zero-order valence-electron chi connectivity index (χ0n) is 13.9. The molecule has 2 heterocycles. The van der Waals surface area contributed by atoms with Gasteiger partial charge < -0.3 is 19.9 Å². The Morgan fingerprint density at radius 3 is 2.50 bits per heavy atom. The number of likely N-dealkylation sites (tertiary alicyclic amines) is 1. The summed E-state index contributed by atoms with van der Waals surface area (Å²) in [6.07, 6.45) is 2.47. The van der Waals surface area contributed by atoms with E-state index in [1.807, 2.05) is 0 Å². The third-order valence-corrected chi connectivity index (χ3v) is 4.85. The van der Waals surface area contributed by atoms with E-state index in [4.69, 9.17) is 4.74 Å². The van der Waals surface area contributed by atoms with Crippen LogP contribution in [0.15, 0.2) is 24.3 Å². The molecule has 0 radical (unpaired) electrons. The van der Waals surface area contributed by atoms with E-state index in [1.165, 1.54) is 37.3 Å². The lowest BCUT2D eigenvalue weighted by molar-refractivity contribution is 0.122. The summed E-state index contributed by atoms with van der Waals surface area (Å²) in [6.45, 7) is 10.7. The zero-order valence-corrected chi connectivity index (χ0v) is 13.9. The molecule has 4 heteroatoms. The van der Waals surface area contributed by atoms with Gasteiger partial charge in [0.15, 0.2) is 0 Å². The molecule has 0 aliphatic carbocycles. The molecule has 0 spiro atoms. The second-order valence-corrected chi connectivity index (χ2v) is 6.70. The molecule has 0 unspecified atom stereocenters. The molecule has 3 rings (SSSR count). The van der Waals surface area contributed by atoms with Gasteiger partial charge in [-0.2, -0.15) is 0 Å². The van der Waals surface area contributed by atoms with Crippen molar-refractivity contribution in [2.24, 2.45) is 0 Å². The number of ether oxygens (including phenoxy) is 1. The van der Waals surface area contributed by atoms with Crippen molar-refractivity contribution >= 4 is 11.4 Å². The highest BCUT2D eigenvalue weighted by Crippen LogP contribution is 2.23. The topological polar surface area (TPSA) is 27.7 Å². The highest BCUT2D eigenvalue weighted by Gasteiger charge is 2.20. The Labute approximate surface area is 134 Å². The highest BCUT2D eigenvalue weighted by atomic mass is 16.5. The molecule has 122 valence electrons. The second kappa shape index (κ2) is 7.34. The van der Waals surface area contributed by atoms with Crippen LogP contribution < -0.4 is 10.2 Å². The Bertz CT molecular complexity index is 463. The van der Waals surface area contributed by atoms with Gasteiger partial charge in [0.05, 0.1) is 13.2 Å². The molecule has 2 saturated heterocycles. The molecule has 0 aromatic heterocycles. The van der Waals surface area contributed by atoms with Crippen molar-refractivity contribution < 1.29 is 4.74 Å². The van der Waals surface area contributed by atoms with Crippen LogP contribution in [0.25, 0.3) is 0 Å². The quantitative estimate of drug-likeness (QED) is 0.926. The summed E-state index contributed by atoms with van der Waals surface area (Å²) in [5, 5.41) is 3.74. The molecule has 0 atom stereocenters. The third kappa shape index (κ3) is 3.93. The highest BCUT2D eigenvalue weighted by molar-refractivity contribution is 5.58. The van der Waals surface area contributed by atoms with E-state index in [0.29, 0.717) is 12.1 Å². The lowest BCUT2D eigenvalue weighted by Gasteiger charge is -2.35. The van der Waals surface area contributed by atoms with Crippen molar-refractivity contribution in [3.05, 3.63) is 24.3 Å². The molecule has 1 aromatic rings. The first-order chi connectivity index (χ1) is 10.7. The standard InChI is InChI=1S/C18H29N3O/c1-15(2)20-8-6-16(7-9-20)19-17-4-3-5-18(14-17)21-10-12-22-13-11-21/h3-5,14-16,19H,6-13H2,1-2H3. The molecule has 2 aliphatic heterocycles. The fraction of sp³-hybridized carbons (Fsp3) is 0.667. The number of nitrogens with zero attached hydrogens (tertiary/aromatic N) is 2. The average molecular weight is 303 g/mol. The number of piperidine rings is 1. The fourth-order valence-corrected chi connectivity index (χ4v) is 3.41. The molecule has 2 aliphatic rings. The first-order valence-corrected chi connectivity index (χ1v) is 8.66. The molecule has 2 fully saturated rings. The van der Waals surface area contributed by atoms with Crippen LogP contribution in [-0.4, -0.2) is 56.4 Å². The summed E-state index contributed by atoms with van der Waals surface area (Å²) in [5.74, 6) is 0. The first-order valence-electron chi connectivity index (χ1n) is 8.66. The minimum Gasteiger partial charge on any atom is -0.382 e. The number of benzene rings is 1. The van der Waals surface area contributed by atoms with E-state index in [9.17, 15) is 0 Å². The molecule has 22 heavy (non-hydrogen) atoms. The summed E-state index contributed by atoms with van der Waals surface area (Å²) in [5.41, 5.74) is 2.57. The SMILES string of the molecule is CC(C)N1CCC(Nc2cccc(N3CCOCC3)c2)CC1. The molecule has 1 aromatic carbocycles. The fourth-order valence-electron chi connectivity index (χ4n) is 3.41. The van der Waals surface area contributed by atoms with Crippen molar-refractivity contribution in [2.75, 3.05) is 49.6 Å². The van der Waals surface area contributed by atoms with Crippen LogP contribution in [0.5, 0.6) is 0 Å². The number of nitrogens with one attached hydrogen (secondary N) is 1. The Morgan fingerprint density at radius 1 is 1.09 bits per heavy atom. The normalized spacial score (nSPS) is 21.3. The lowest BCUT2D eigenvalue weighted by Crippen LogP contribution is -2.42. The van der Waals surface area contributed by atoms with Crippen molar-refractivity contribution in [3.8, 4) is 0 Å². The summed E-state index contributed by atoms with van der Waals surface area (Å²) in [6, 6.07) is 10.1. The molecule has 0 bridgehead atoms. The third-order valence-electron chi connectivity index (χ3n) is 4.85. The average Bonchev–Trinajstić information content (AvgIpc) is 2.56. The monoisotopic (exact) mass is 303 g/mol. The van der Waals surface area contributed by atoms with Gasteiger partial charge in [-0.1, -0.05) is 6.07 Å². The number of hydrogen-bond donors (Lipinski definition) is 1. The van der Waals surface area contributed by atoms with E-state index in [1.54, 1.807) is 0 Å². The summed E-state index contributed by atoms with van der Waals surface area (Å²) < 4.78 is 5.44. The van der Waals surface area contributed by atoms with Crippen LogP contribution in [0.4, 0.5) is 11.4 Å². The van der Waals surface area contributed by atoms with Gasteiger partial charge in [-0.15, -0.1) is 0 Å². The van der Waals surface area contributed by atoms with Gasteiger partial charge in [-0.05, 0) is 44.9 Å². The van der Waals surface area contributed by atoms with Crippen molar-refractivity contribution in [1.82, 2.24) is 4.90 Å². The number of anilines is 2. The van der Waals surface area contributed by atoms with Gasteiger partial charge in [-0.25, -0.2) is 0 Å². The smallest absolute Gasteiger partial charge is 0.0642 e. The van der Waals surface area contributed by atoms with E-state index >= 15 is 0 Å². The van der Waals surface area contributed by atoms with Crippen molar-refractivity contribution in [3.63, 3.8) is 0 Å². The van der Waals surface area contributed by atoms with Crippen LogP contribution in [0.2, 0.25) is 0 Å². The summed E-state index contributed by atoms with van der Waals surface area (Å²) in [4.78, 5) is 4.98. The molecule has 4 nitrogen and oxygen atoms in total. The second-order valence-electron chi connectivity index (χ2n) is 6.70. The molecular weight excluding hydrogens is 274 g/mol. The Kier molecular flexibility index (Phi) is 5.21. The van der Waals surface area contributed by atoms with Crippen LogP contribution >= 0.6 is 0 Å². The van der Waals surface area contributed by atoms with Crippen LogP contribution in [0.1, 0.15) is 26.7 Å². The maximum Gasteiger partial charge on any atom is 0.0642 e. The largest absolute Gasteiger partial charge is 0.382 e. The predicted molar refractivity (Wildman–Crippen MR) is 92.8 cm³/mol. The molecule has 1 N–H and O–H groups in total. The van der Waals surface area contributed by atoms with Gasteiger partial charge in [-0.3, -0.25) is 0 Å². The Hall–Kier alpha value is -1.26. The minimum absolute atomic E-state index is 0.606. The number of rotatable bonds is 4. The van der Waals surface area contributed by atoms with E-state index in [2.05, 4.69) is 53.2 Å². The van der Waals surface area contributed by atoms with Gasteiger partial charge in [0, 0.05) is 49.6 Å². The van der Waals surface area contributed by atoms with Crippen LogP contribution in [0, 0.1) is 0 Å². The predicted octanol–water partition coefficient (Wildman–Crippen LogP) is 2.81. The molecule has 0 amide bonds. The lowest BCUT2D eigenvalue weighted by atomic mass is 10.0. The Morgan fingerprint density at radius 2 is 1.82 bits per heavy atom. The summed E-state index contributed by atoms with van der Waals surface area (Å²) in [7, 11) is 0. The zero-order chi connectivity index (χ0) is 15.4. The van der Waals surface area contributed by atoms with Gasteiger partial charge in [0.2, 0.25) is 0 Å². The van der Waals surface area contributed by atoms with E-state index in [0.717, 1.165) is 26.3 Å². The van der Waals surface area contributed by atoms with E-state index < -0.39 is 0 Å². The Balaban J connectivity index is 1.56. The van der Waals surface area contributed by atoms with Gasteiger partial charge >= 0.3 is 0 Å². The van der Waals surface area contributed by atoms with Crippen LogP contribution in [-0.2, 0) is 4.74 Å². The minimum atomic E-state index is 0.606. The summed E-state index contributed by atoms with van der Waals surface area (Å²) >= 11 is 0. The van der Waals surface area contributed by atoms with E-state index in [-0.39, 0.29) is 0 Å². The molecule has 0 saturated carbocycles. The number of hydrogen-bond acceptors (Lipinski definition) is 4. The van der Waals surface area contributed by atoms with Crippen LogP contribution in [0.3, 0.4) is 0 Å². The number of morpholine rings is 1. The molecular formula is C18H29N3O. The van der Waals surface area contributed by atoms with Gasteiger partial charge in [0.25, 0.3) is 0 Å².